The summed E-state index contributed by atoms with van der Waals surface area (Å²) >= 11 is 0. The van der Waals surface area contributed by atoms with Crippen LogP contribution in [0.5, 0.6) is 5.75 Å². The number of benzene rings is 1. The molecule has 1 atom stereocenters. The zero-order valence-corrected chi connectivity index (χ0v) is 13.8. The third-order valence-electron chi connectivity index (χ3n) is 3.70. The second kappa shape index (κ2) is 7.49. The van der Waals surface area contributed by atoms with E-state index in [0.717, 1.165) is 17.7 Å². The standard InChI is InChI=1S/C15H23N3O3S/c1-16-15(18-10-13-6-7-22(19,20)11-13)17-9-12-4-3-5-14(8-12)21-2/h3-5,8,13H,6-7,9-11H2,1-2H3,(H2,16,17,18). The van der Waals surface area contributed by atoms with Gasteiger partial charge in [-0.2, -0.15) is 0 Å². The number of nitrogens with one attached hydrogen (secondary N) is 2. The zero-order valence-electron chi connectivity index (χ0n) is 13.0. The van der Waals surface area contributed by atoms with Gasteiger partial charge in [-0.25, -0.2) is 8.42 Å². The summed E-state index contributed by atoms with van der Waals surface area (Å²) in [6.45, 7) is 1.25. The van der Waals surface area contributed by atoms with Crippen LogP contribution < -0.4 is 15.4 Å². The lowest BCUT2D eigenvalue weighted by Gasteiger charge is -2.14. The highest BCUT2D eigenvalue weighted by atomic mass is 32.2. The van der Waals surface area contributed by atoms with Crippen LogP contribution in [0, 0.1) is 5.92 Å². The number of aliphatic imine (C=N–C) groups is 1. The molecule has 0 amide bonds. The lowest BCUT2D eigenvalue weighted by Crippen LogP contribution is -2.39. The highest BCUT2D eigenvalue weighted by Gasteiger charge is 2.27. The molecular formula is C15H23N3O3S. The first-order valence-electron chi connectivity index (χ1n) is 7.30. The van der Waals surface area contributed by atoms with E-state index in [-0.39, 0.29) is 11.7 Å². The minimum atomic E-state index is -2.83. The second-order valence-electron chi connectivity index (χ2n) is 5.43. The van der Waals surface area contributed by atoms with E-state index in [0.29, 0.717) is 24.8 Å². The fourth-order valence-electron chi connectivity index (χ4n) is 2.46. The van der Waals surface area contributed by atoms with E-state index in [1.807, 2.05) is 24.3 Å². The maximum absolute atomic E-state index is 11.4. The molecule has 0 radical (unpaired) electrons. The van der Waals surface area contributed by atoms with Gasteiger partial charge in [0.25, 0.3) is 0 Å². The van der Waals surface area contributed by atoms with Crippen molar-refractivity contribution in [3.8, 4) is 5.75 Å². The van der Waals surface area contributed by atoms with Crippen LogP contribution in [0.15, 0.2) is 29.3 Å². The summed E-state index contributed by atoms with van der Waals surface area (Å²) in [5, 5.41) is 6.41. The summed E-state index contributed by atoms with van der Waals surface area (Å²) in [5.74, 6) is 2.23. The minimum Gasteiger partial charge on any atom is -0.497 e. The van der Waals surface area contributed by atoms with E-state index in [1.54, 1.807) is 14.2 Å². The minimum absolute atomic E-state index is 0.167. The molecule has 0 spiro atoms. The van der Waals surface area contributed by atoms with Gasteiger partial charge in [-0.3, -0.25) is 4.99 Å². The molecule has 2 N–H and O–H groups in total. The topological polar surface area (TPSA) is 79.8 Å². The largest absolute Gasteiger partial charge is 0.497 e. The van der Waals surface area contributed by atoms with Crippen molar-refractivity contribution in [3.63, 3.8) is 0 Å². The number of hydrogen-bond donors (Lipinski definition) is 2. The van der Waals surface area contributed by atoms with Crippen molar-refractivity contribution < 1.29 is 13.2 Å². The Morgan fingerprint density at radius 1 is 1.41 bits per heavy atom. The molecule has 1 aliphatic rings. The van der Waals surface area contributed by atoms with Crippen molar-refractivity contribution in [3.05, 3.63) is 29.8 Å². The van der Waals surface area contributed by atoms with Gasteiger partial charge in [-0.15, -0.1) is 0 Å². The van der Waals surface area contributed by atoms with E-state index < -0.39 is 9.84 Å². The fraction of sp³-hybridized carbons (Fsp3) is 0.533. The molecule has 22 heavy (non-hydrogen) atoms. The Morgan fingerprint density at radius 2 is 2.23 bits per heavy atom. The van der Waals surface area contributed by atoms with Gasteiger partial charge in [-0.1, -0.05) is 12.1 Å². The summed E-state index contributed by atoms with van der Waals surface area (Å²) in [5.41, 5.74) is 1.09. The van der Waals surface area contributed by atoms with Crippen LogP contribution in [0.25, 0.3) is 0 Å². The molecule has 0 aromatic heterocycles. The van der Waals surface area contributed by atoms with Crippen molar-refractivity contribution >= 4 is 15.8 Å². The van der Waals surface area contributed by atoms with Gasteiger partial charge in [-0.05, 0) is 30.0 Å². The molecule has 1 aliphatic heterocycles. The maximum Gasteiger partial charge on any atom is 0.191 e. The number of methoxy groups -OCH3 is 1. The number of sulfone groups is 1. The lowest BCUT2D eigenvalue weighted by molar-refractivity contribution is 0.414. The van der Waals surface area contributed by atoms with Crippen LogP contribution in [-0.4, -0.2) is 46.6 Å². The summed E-state index contributed by atoms with van der Waals surface area (Å²) in [6.07, 6.45) is 0.724. The summed E-state index contributed by atoms with van der Waals surface area (Å²) in [4.78, 5) is 4.16. The van der Waals surface area contributed by atoms with Crippen molar-refractivity contribution in [2.45, 2.75) is 13.0 Å². The highest BCUT2D eigenvalue weighted by Crippen LogP contribution is 2.17. The third kappa shape index (κ3) is 4.91. The van der Waals surface area contributed by atoms with E-state index >= 15 is 0 Å². The summed E-state index contributed by atoms with van der Waals surface area (Å²) < 4.78 is 28.1. The average Bonchev–Trinajstić information content (AvgIpc) is 2.87. The van der Waals surface area contributed by atoms with Crippen LogP contribution in [0.4, 0.5) is 0 Å². The van der Waals surface area contributed by atoms with Crippen LogP contribution in [0.2, 0.25) is 0 Å². The first-order valence-corrected chi connectivity index (χ1v) is 9.12. The van der Waals surface area contributed by atoms with Crippen LogP contribution in [0.1, 0.15) is 12.0 Å². The number of rotatable bonds is 5. The molecule has 6 nitrogen and oxygen atoms in total. The molecule has 1 aromatic rings. The van der Waals surface area contributed by atoms with Gasteiger partial charge in [0.05, 0.1) is 18.6 Å². The normalized spacial score (nSPS) is 20.6. The molecule has 0 saturated carbocycles. The monoisotopic (exact) mass is 325 g/mol. The predicted octanol–water partition coefficient (Wildman–Crippen LogP) is 0.795. The van der Waals surface area contributed by atoms with Crippen LogP contribution in [0.3, 0.4) is 0 Å². The van der Waals surface area contributed by atoms with Crippen LogP contribution >= 0.6 is 0 Å². The smallest absolute Gasteiger partial charge is 0.191 e. The van der Waals surface area contributed by atoms with Gasteiger partial charge < -0.3 is 15.4 Å². The van der Waals surface area contributed by atoms with E-state index in [9.17, 15) is 8.42 Å². The van der Waals surface area contributed by atoms with Gasteiger partial charge in [0, 0.05) is 20.1 Å². The SMILES string of the molecule is CN=C(NCc1cccc(OC)c1)NCC1CCS(=O)(=O)C1. The molecule has 1 aromatic carbocycles. The molecule has 0 aliphatic carbocycles. The molecule has 1 heterocycles. The second-order valence-corrected chi connectivity index (χ2v) is 7.66. The maximum atomic E-state index is 11.4. The molecule has 1 unspecified atom stereocenters. The van der Waals surface area contributed by atoms with Crippen molar-refractivity contribution in [2.24, 2.45) is 10.9 Å². The summed E-state index contributed by atoms with van der Waals surface area (Å²) in [7, 11) is 0.515. The Bertz CT molecular complexity index is 629. The van der Waals surface area contributed by atoms with Gasteiger partial charge in [0.1, 0.15) is 5.75 Å². The third-order valence-corrected chi connectivity index (χ3v) is 5.54. The van der Waals surface area contributed by atoms with E-state index in [4.69, 9.17) is 4.74 Å². The number of ether oxygens (including phenoxy) is 1. The van der Waals surface area contributed by atoms with Crippen molar-refractivity contribution in [1.82, 2.24) is 10.6 Å². The van der Waals surface area contributed by atoms with Crippen LogP contribution in [-0.2, 0) is 16.4 Å². The van der Waals surface area contributed by atoms with E-state index in [1.165, 1.54) is 0 Å². The molecule has 122 valence electrons. The predicted molar refractivity (Wildman–Crippen MR) is 88.0 cm³/mol. The van der Waals surface area contributed by atoms with Gasteiger partial charge in [0.15, 0.2) is 15.8 Å². The Morgan fingerprint density at radius 3 is 2.86 bits per heavy atom. The number of guanidine groups is 1. The van der Waals surface area contributed by atoms with E-state index in [2.05, 4.69) is 15.6 Å². The molecular weight excluding hydrogens is 302 g/mol. The molecule has 1 fully saturated rings. The lowest BCUT2D eigenvalue weighted by atomic mass is 10.1. The zero-order chi connectivity index (χ0) is 16.0. The molecule has 7 heteroatoms. The van der Waals surface area contributed by atoms with Gasteiger partial charge in [0.2, 0.25) is 0 Å². The van der Waals surface area contributed by atoms with Gasteiger partial charge >= 0.3 is 0 Å². The Balaban J connectivity index is 1.80. The first-order chi connectivity index (χ1) is 10.5. The number of hydrogen-bond acceptors (Lipinski definition) is 4. The Hall–Kier alpha value is -1.76. The summed E-state index contributed by atoms with van der Waals surface area (Å²) in [6, 6.07) is 7.81. The average molecular weight is 325 g/mol. The first kappa shape index (κ1) is 16.6. The quantitative estimate of drug-likeness (QED) is 0.618. The van der Waals surface area contributed by atoms with Crippen molar-refractivity contribution in [2.75, 3.05) is 32.2 Å². The Labute approximate surface area is 131 Å². The molecule has 1 saturated heterocycles. The highest BCUT2D eigenvalue weighted by molar-refractivity contribution is 7.91. The Kier molecular flexibility index (Phi) is 5.65. The molecule has 0 bridgehead atoms. The number of nitrogens with zero attached hydrogens (tertiary/aromatic N) is 1. The van der Waals surface area contributed by atoms with Crippen molar-refractivity contribution in [1.29, 1.82) is 0 Å². The fourth-order valence-corrected chi connectivity index (χ4v) is 4.32. The molecule has 2 rings (SSSR count).